The van der Waals surface area contributed by atoms with Crippen LogP contribution in [0.15, 0.2) is 78.9 Å². The normalized spacial score (nSPS) is 11.5. The fraction of sp³-hybridized carbons (Fsp3) is 0.459. The second kappa shape index (κ2) is 41.8. The number of nitrogen functional groups attached to an aromatic ring is 1. The Balaban J connectivity index is 1.03. The Bertz CT molecular complexity index is 2880. The van der Waals surface area contributed by atoms with Crippen LogP contribution in [-0.4, -0.2) is 162 Å². The highest BCUT2D eigenvalue weighted by Gasteiger charge is 2.29. The predicted octanol–water partition coefficient (Wildman–Crippen LogP) is 3.74. The number of unbranched alkanes of at least 4 members (excludes halogenated alkanes) is 1. The molecule has 4 rings (SSSR count). The smallest absolute Gasteiger partial charge is 0.328 e. The SMILES string of the molecule is CCCCOc1nc(N)c(NC=O)c(NCc2ccc(C(=O)NCCCOCCOCCOCCCNC(=O)CCC(=O)Oc3ccc(/C=C/C(=O)NCC(=O)N[C@@H](Cc4ccccc4)C(=O)N[C@H](CCC(=O)OCC)C(=O)OCC)cc3OC)cc2)n1. The van der Waals surface area contributed by atoms with Crippen LogP contribution in [0.2, 0.25) is 0 Å². The van der Waals surface area contributed by atoms with E-state index in [9.17, 15) is 43.2 Å². The van der Waals surface area contributed by atoms with Crippen molar-refractivity contribution in [2.24, 2.45) is 0 Å². The van der Waals surface area contributed by atoms with Crippen LogP contribution < -0.4 is 57.2 Å². The molecule has 0 saturated carbocycles. The minimum Gasteiger partial charge on any atom is -0.493 e. The fourth-order valence-electron chi connectivity index (χ4n) is 7.85. The predicted molar refractivity (Wildman–Crippen MR) is 324 cm³/mol. The average Bonchev–Trinajstić information content (AvgIpc) is 3.68. The number of aromatic nitrogens is 2. The zero-order valence-electron chi connectivity index (χ0n) is 50.3. The molecule has 1 aromatic heterocycles. The molecular weight excluding hydrogens is 1140 g/mol. The molecule has 0 radical (unpaired) electrons. The maximum Gasteiger partial charge on any atom is 0.328 e. The number of carbonyl (C=O) groups excluding carboxylic acids is 9. The molecular formula is C61H82N10O17. The van der Waals surface area contributed by atoms with Gasteiger partial charge in [-0.15, -0.1) is 0 Å². The molecule has 0 aliphatic carbocycles. The van der Waals surface area contributed by atoms with E-state index in [1.807, 2.05) is 6.92 Å². The molecule has 6 amide bonds. The van der Waals surface area contributed by atoms with Crippen molar-refractivity contribution in [2.75, 3.05) is 103 Å². The van der Waals surface area contributed by atoms with Crippen LogP contribution in [0.5, 0.6) is 17.5 Å². The number of nitrogens with zero attached hydrogens (tertiary/aromatic N) is 2. The first-order valence-corrected chi connectivity index (χ1v) is 29.1. The van der Waals surface area contributed by atoms with E-state index in [0.29, 0.717) is 108 Å². The molecule has 0 bridgehead atoms. The number of hydrogen-bond acceptors (Lipinski definition) is 21. The van der Waals surface area contributed by atoms with Crippen molar-refractivity contribution in [1.29, 1.82) is 0 Å². The molecule has 0 unspecified atom stereocenters. The molecule has 0 saturated heterocycles. The standard InChI is InChI=1S/C61H82N10O17/c1-5-8-32-87-61-70-56(62)55(67-41-72)57(71-61)66-39-44-16-20-45(21-17-44)58(78)64-29-13-31-83-34-36-84-35-33-82-30-12-28-63-50(73)25-27-54(77)88-48-23-18-43(38-49(48)81-4)19-24-51(74)65-40-52(75)68-47(37-42-14-10-9-11-15-42)59(79)69-46(60(80)86-7-3)22-26-53(76)85-6-2/h9-11,14-21,23-24,38,41,46-47H,5-8,12-13,22,25-37,39-40H2,1-4H3,(H,63,73)(H,64,78)(H,65,74)(H,67,72)(H,68,75)(H,69,79)(H3,62,66,70,71)/b24-19+/t46-,47+/m1/s1. The van der Waals surface area contributed by atoms with Crippen LogP contribution in [0.25, 0.3) is 6.08 Å². The lowest BCUT2D eigenvalue weighted by atomic mass is 10.0. The number of amides is 6. The number of anilines is 3. The molecule has 9 N–H and O–H groups in total. The largest absolute Gasteiger partial charge is 0.493 e. The Morgan fingerprint density at radius 1 is 0.659 bits per heavy atom. The molecule has 478 valence electrons. The third-order valence-corrected chi connectivity index (χ3v) is 12.4. The lowest BCUT2D eigenvalue weighted by Crippen LogP contribution is -2.54. The number of methoxy groups -OCH3 is 1. The number of nitrogens with one attached hydrogen (secondary N) is 7. The van der Waals surface area contributed by atoms with Crippen LogP contribution in [0.3, 0.4) is 0 Å². The summed E-state index contributed by atoms with van der Waals surface area (Å²) in [5.41, 5.74) is 8.80. The minimum absolute atomic E-state index is 0.0361. The number of hydrogen-bond donors (Lipinski definition) is 8. The summed E-state index contributed by atoms with van der Waals surface area (Å²) in [6.45, 7) is 8.71. The van der Waals surface area contributed by atoms with Gasteiger partial charge in [0.25, 0.3) is 5.91 Å². The van der Waals surface area contributed by atoms with E-state index >= 15 is 0 Å². The van der Waals surface area contributed by atoms with Gasteiger partial charge in [0.15, 0.2) is 23.1 Å². The number of esters is 3. The fourth-order valence-corrected chi connectivity index (χ4v) is 7.85. The Labute approximate surface area is 511 Å². The third-order valence-electron chi connectivity index (χ3n) is 12.4. The Hall–Kier alpha value is -9.21. The van der Waals surface area contributed by atoms with Crippen molar-refractivity contribution in [1.82, 2.24) is 36.6 Å². The van der Waals surface area contributed by atoms with E-state index < -0.39 is 54.3 Å². The van der Waals surface area contributed by atoms with Gasteiger partial charge in [-0.3, -0.25) is 38.4 Å². The second-order valence-electron chi connectivity index (χ2n) is 19.2. The van der Waals surface area contributed by atoms with Gasteiger partial charge in [0.1, 0.15) is 17.8 Å². The topological polar surface area (TPSA) is 363 Å². The molecule has 27 heteroatoms. The van der Waals surface area contributed by atoms with Crippen molar-refractivity contribution in [3.05, 3.63) is 101 Å². The molecule has 0 spiro atoms. The minimum atomic E-state index is -1.19. The lowest BCUT2D eigenvalue weighted by molar-refractivity contribution is -0.149. The number of carbonyl (C=O) groups is 9. The Morgan fingerprint density at radius 2 is 1.35 bits per heavy atom. The zero-order valence-corrected chi connectivity index (χ0v) is 50.3. The summed E-state index contributed by atoms with van der Waals surface area (Å²) in [6.07, 6.45) is 5.47. The van der Waals surface area contributed by atoms with Gasteiger partial charge in [0.05, 0.1) is 66.3 Å². The number of rotatable bonds is 44. The molecule has 4 aromatic rings. The number of nitrogens with two attached hydrogens (primary N) is 1. The van der Waals surface area contributed by atoms with Crippen LogP contribution in [0.4, 0.5) is 17.3 Å². The third kappa shape index (κ3) is 28.3. The van der Waals surface area contributed by atoms with Gasteiger partial charge in [-0.25, -0.2) is 4.79 Å². The van der Waals surface area contributed by atoms with Crippen LogP contribution in [0, 0.1) is 0 Å². The monoisotopic (exact) mass is 1230 g/mol. The summed E-state index contributed by atoms with van der Waals surface area (Å²) >= 11 is 0. The summed E-state index contributed by atoms with van der Waals surface area (Å²) < 4.78 is 43.2. The van der Waals surface area contributed by atoms with Crippen molar-refractivity contribution in [3.63, 3.8) is 0 Å². The maximum atomic E-state index is 13.5. The quantitative estimate of drug-likeness (QED) is 0.0103. The van der Waals surface area contributed by atoms with E-state index in [4.69, 9.17) is 43.6 Å². The molecule has 0 fully saturated rings. The summed E-state index contributed by atoms with van der Waals surface area (Å²) in [5.74, 6) is -3.95. The van der Waals surface area contributed by atoms with E-state index in [1.54, 1.807) is 74.5 Å². The summed E-state index contributed by atoms with van der Waals surface area (Å²) in [5, 5.41) is 18.9. The number of benzene rings is 3. The molecule has 3 aromatic carbocycles. The summed E-state index contributed by atoms with van der Waals surface area (Å²) in [6, 6.07) is 18.2. The first-order valence-electron chi connectivity index (χ1n) is 29.1. The van der Waals surface area contributed by atoms with Gasteiger partial charge in [-0.1, -0.05) is 61.9 Å². The van der Waals surface area contributed by atoms with Gasteiger partial charge >= 0.3 is 23.9 Å². The highest BCUT2D eigenvalue weighted by atomic mass is 16.6. The van der Waals surface area contributed by atoms with Crippen LogP contribution in [0.1, 0.15) is 99.2 Å². The number of ether oxygens (including phenoxy) is 8. The average molecular weight is 1230 g/mol. The van der Waals surface area contributed by atoms with Crippen molar-refractivity contribution >= 4 is 77.3 Å². The molecule has 0 aliphatic rings. The van der Waals surface area contributed by atoms with E-state index in [2.05, 4.69) is 47.2 Å². The van der Waals surface area contributed by atoms with Gasteiger partial charge in [0, 0.05) is 63.7 Å². The van der Waals surface area contributed by atoms with Crippen molar-refractivity contribution < 1.29 is 81.0 Å². The van der Waals surface area contributed by atoms with Gasteiger partial charge in [-0.05, 0) is 86.6 Å². The second-order valence-corrected chi connectivity index (χ2v) is 19.2. The van der Waals surface area contributed by atoms with E-state index in [1.165, 1.54) is 31.4 Å². The lowest BCUT2D eigenvalue weighted by Gasteiger charge is -2.22. The summed E-state index contributed by atoms with van der Waals surface area (Å²) in [4.78, 5) is 121. The summed E-state index contributed by atoms with van der Waals surface area (Å²) in [7, 11) is 1.37. The van der Waals surface area contributed by atoms with Crippen molar-refractivity contribution in [3.8, 4) is 17.5 Å². The maximum absolute atomic E-state index is 13.5. The molecule has 88 heavy (non-hydrogen) atoms. The zero-order chi connectivity index (χ0) is 63.7. The van der Waals surface area contributed by atoms with Crippen LogP contribution >= 0.6 is 0 Å². The molecule has 0 aliphatic heterocycles. The molecule has 27 nitrogen and oxygen atoms in total. The first kappa shape index (κ1) is 71.3. The van der Waals surface area contributed by atoms with Gasteiger partial charge in [0.2, 0.25) is 30.0 Å². The van der Waals surface area contributed by atoms with Crippen molar-refractivity contribution in [2.45, 2.75) is 97.2 Å². The molecule has 1 heterocycles. The first-order chi connectivity index (χ1) is 42.7. The molecule has 2 atom stereocenters. The highest BCUT2D eigenvalue weighted by molar-refractivity contribution is 5.96. The van der Waals surface area contributed by atoms with Gasteiger partial charge in [-0.2, -0.15) is 9.97 Å². The van der Waals surface area contributed by atoms with E-state index in [-0.39, 0.29) is 86.1 Å². The Kier molecular flexibility index (Phi) is 33.8. The Morgan fingerprint density at radius 3 is 2.02 bits per heavy atom. The highest BCUT2D eigenvalue weighted by Crippen LogP contribution is 2.30. The van der Waals surface area contributed by atoms with Crippen LogP contribution in [-0.2, 0) is 75.0 Å². The van der Waals surface area contributed by atoms with Gasteiger partial charge < -0.3 is 80.8 Å². The van der Waals surface area contributed by atoms with E-state index in [0.717, 1.165) is 18.4 Å².